The second-order valence-electron chi connectivity index (χ2n) is 5.53. The molecule has 0 spiro atoms. The number of carbonyl (C=O) groups is 2. The summed E-state index contributed by atoms with van der Waals surface area (Å²) in [5.74, 6) is -1.65. The van der Waals surface area contributed by atoms with Gasteiger partial charge in [0.2, 0.25) is 0 Å². The minimum absolute atomic E-state index is 0.311. The average molecular weight is 385 g/mol. The quantitative estimate of drug-likeness (QED) is 0.273. The number of hydrogen-bond acceptors (Lipinski definition) is 7. The van der Waals surface area contributed by atoms with E-state index in [4.69, 9.17) is 28.9 Å². The molecule has 0 aliphatic heterocycles. The summed E-state index contributed by atoms with van der Waals surface area (Å²) in [6, 6.07) is 1.61. The van der Waals surface area contributed by atoms with Crippen molar-refractivity contribution >= 4 is 38.3 Å². The average Bonchev–Trinajstić information content (AvgIpc) is 2.42. The lowest BCUT2D eigenvalue weighted by molar-refractivity contribution is -0.131. The van der Waals surface area contributed by atoms with Crippen LogP contribution < -0.4 is 0 Å². The highest BCUT2D eigenvalue weighted by atomic mass is 28.5. The number of hydrogen-bond donors (Lipinski definition) is 0. The molecule has 0 saturated heterocycles. The van der Waals surface area contributed by atoms with E-state index in [2.05, 4.69) is 18.0 Å². The first-order valence-electron chi connectivity index (χ1n) is 6.81. The third-order valence-electron chi connectivity index (χ3n) is 2.30. The summed E-state index contributed by atoms with van der Waals surface area (Å²) >= 11 is 0. The van der Waals surface area contributed by atoms with Crippen molar-refractivity contribution in [3.63, 3.8) is 0 Å². The van der Waals surface area contributed by atoms with Crippen molar-refractivity contribution in [2.24, 2.45) is 0 Å². The van der Waals surface area contributed by atoms with Crippen molar-refractivity contribution in [2.75, 3.05) is 0 Å². The first-order valence-corrected chi connectivity index (χ1v) is 14.5. The number of nitrogens with zero attached hydrogens (tertiary/aromatic N) is 2. The summed E-state index contributed by atoms with van der Waals surface area (Å²) in [5.41, 5.74) is -0.633. The van der Waals surface area contributed by atoms with Gasteiger partial charge < -0.3 is 17.1 Å². The van der Waals surface area contributed by atoms with Crippen LogP contribution in [0.2, 0.25) is 32.7 Å². The van der Waals surface area contributed by atoms with Gasteiger partial charge in [-0.2, -0.15) is 5.26 Å². The Balaban J connectivity index is 4.78. The van der Waals surface area contributed by atoms with Crippen LogP contribution in [-0.4, -0.2) is 38.3 Å². The summed E-state index contributed by atoms with van der Waals surface area (Å²) in [7, 11) is -8.11. The maximum atomic E-state index is 11.6. The van der Waals surface area contributed by atoms with Crippen molar-refractivity contribution in [1.29, 1.82) is 5.26 Å². The zero-order chi connectivity index (χ0) is 19.1. The van der Waals surface area contributed by atoms with E-state index in [1.807, 2.05) is 0 Å². The van der Waals surface area contributed by atoms with E-state index in [9.17, 15) is 9.59 Å². The summed E-state index contributed by atoms with van der Waals surface area (Å²) in [5, 5.41) is 8.64. The van der Waals surface area contributed by atoms with Gasteiger partial charge in [-0.1, -0.05) is 13.2 Å². The number of nitriles is 1. The van der Waals surface area contributed by atoms with Crippen LogP contribution in [0.5, 0.6) is 0 Å². The molecular formula is C13H20N2O6Si3. The summed E-state index contributed by atoms with van der Waals surface area (Å²) in [4.78, 5) is 26.0. The molecule has 0 saturated carbocycles. The van der Waals surface area contributed by atoms with Crippen LogP contribution in [0.1, 0.15) is 0 Å². The third-order valence-corrected chi connectivity index (χ3v) is 11.1. The highest BCUT2D eigenvalue weighted by molar-refractivity contribution is 6.82. The second kappa shape index (κ2) is 8.72. The molecule has 0 radical (unpaired) electrons. The van der Waals surface area contributed by atoms with E-state index >= 15 is 0 Å². The first-order chi connectivity index (χ1) is 10.8. The van der Waals surface area contributed by atoms with Gasteiger partial charge in [0.15, 0.2) is 0 Å². The number of carbonyl (C=O) groups excluding carboxylic acids is 2. The summed E-state index contributed by atoms with van der Waals surface area (Å²) < 4.78 is 21.9. The molecule has 0 N–H and O–H groups in total. The van der Waals surface area contributed by atoms with E-state index in [1.165, 1.54) is 0 Å². The minimum atomic E-state index is -2.93. The molecule has 0 heterocycles. The number of rotatable bonds is 8. The standard InChI is InChI=1S/C13H20N2O6Si3/c1-10(9-14)12(16)19-23(5,6)21-24(7,8)20-22(4)18-13(17)11(2)15-3/h22H,1-2H2,4-8H3. The zero-order valence-corrected chi connectivity index (χ0v) is 17.5. The van der Waals surface area contributed by atoms with Crippen LogP contribution in [0.3, 0.4) is 0 Å². The third kappa shape index (κ3) is 8.00. The van der Waals surface area contributed by atoms with Crippen LogP contribution in [0.4, 0.5) is 0 Å². The molecule has 24 heavy (non-hydrogen) atoms. The molecule has 0 aliphatic rings. The van der Waals surface area contributed by atoms with Gasteiger partial charge in [-0.15, -0.1) is 0 Å². The topological polar surface area (TPSA) is 99.2 Å². The fraction of sp³-hybridized carbons (Fsp3) is 0.385. The van der Waals surface area contributed by atoms with Gasteiger partial charge >= 0.3 is 38.3 Å². The highest BCUT2D eigenvalue weighted by Gasteiger charge is 2.41. The van der Waals surface area contributed by atoms with Gasteiger partial charge in [-0.3, -0.25) is 4.79 Å². The largest absolute Gasteiger partial charge is 0.502 e. The smallest absolute Gasteiger partial charge is 0.387 e. The van der Waals surface area contributed by atoms with E-state index in [-0.39, 0.29) is 11.3 Å². The van der Waals surface area contributed by atoms with Crippen molar-refractivity contribution in [3.8, 4) is 6.07 Å². The summed E-state index contributed by atoms with van der Waals surface area (Å²) in [6.45, 7) is 21.6. The van der Waals surface area contributed by atoms with Crippen molar-refractivity contribution in [1.82, 2.24) is 0 Å². The Morgan fingerprint density at radius 3 is 2.17 bits per heavy atom. The molecule has 0 bridgehead atoms. The van der Waals surface area contributed by atoms with Gasteiger partial charge in [-0.05, 0) is 32.7 Å². The normalized spacial score (nSPS) is 12.3. The molecule has 130 valence electrons. The Kier molecular flexibility index (Phi) is 7.98. The fourth-order valence-corrected chi connectivity index (χ4v) is 11.6. The molecule has 8 nitrogen and oxygen atoms in total. The Labute approximate surface area is 145 Å². The molecular weight excluding hydrogens is 364 g/mol. The fourth-order valence-electron chi connectivity index (χ4n) is 1.66. The van der Waals surface area contributed by atoms with Gasteiger partial charge in [0.1, 0.15) is 11.6 Å². The first kappa shape index (κ1) is 22.0. The predicted octanol–water partition coefficient (Wildman–Crippen LogP) is 1.87. The van der Waals surface area contributed by atoms with E-state index < -0.39 is 38.3 Å². The summed E-state index contributed by atoms with van der Waals surface area (Å²) in [6.07, 6.45) is 0. The lowest BCUT2D eigenvalue weighted by atomic mass is 10.4. The van der Waals surface area contributed by atoms with Gasteiger partial charge in [-0.25, -0.2) is 9.64 Å². The SMILES string of the molecule is [C-]#[N+]C(=C)C(=O)O[SiH](C)O[Si](C)(C)O[Si](C)(C)OC(=O)C(=C)C#N. The van der Waals surface area contributed by atoms with Crippen LogP contribution in [0.15, 0.2) is 24.4 Å². The molecule has 0 amide bonds. The van der Waals surface area contributed by atoms with E-state index in [0.717, 1.165) is 0 Å². The van der Waals surface area contributed by atoms with Crippen LogP contribution in [0.25, 0.3) is 4.85 Å². The molecule has 0 rings (SSSR count). The lowest BCUT2D eigenvalue weighted by Crippen LogP contribution is -2.51. The molecule has 1 unspecified atom stereocenters. The Morgan fingerprint density at radius 1 is 1.17 bits per heavy atom. The molecule has 0 aromatic rings. The Morgan fingerprint density at radius 2 is 1.71 bits per heavy atom. The lowest BCUT2D eigenvalue weighted by Gasteiger charge is -2.33. The molecule has 1 atom stereocenters. The molecule has 0 aromatic heterocycles. The second-order valence-corrected chi connectivity index (χ2v) is 14.5. The zero-order valence-electron chi connectivity index (χ0n) is 14.3. The van der Waals surface area contributed by atoms with E-state index in [1.54, 1.807) is 38.8 Å². The van der Waals surface area contributed by atoms with Crippen LogP contribution >= 0.6 is 0 Å². The Bertz CT molecular complexity index is 633. The van der Waals surface area contributed by atoms with Gasteiger partial charge in [0.25, 0.3) is 5.70 Å². The Hall–Kier alpha value is -2.03. The maximum Gasteiger partial charge on any atom is 0.387 e. The van der Waals surface area contributed by atoms with Crippen LogP contribution in [-0.2, 0) is 26.7 Å². The van der Waals surface area contributed by atoms with Gasteiger partial charge in [0.05, 0.1) is 6.57 Å². The van der Waals surface area contributed by atoms with Crippen molar-refractivity contribution in [3.05, 3.63) is 35.8 Å². The minimum Gasteiger partial charge on any atom is -0.502 e. The van der Waals surface area contributed by atoms with Crippen molar-refractivity contribution in [2.45, 2.75) is 32.7 Å². The highest BCUT2D eigenvalue weighted by Crippen LogP contribution is 2.19. The van der Waals surface area contributed by atoms with Gasteiger partial charge in [0, 0.05) is 0 Å². The van der Waals surface area contributed by atoms with Crippen LogP contribution in [0, 0.1) is 17.9 Å². The molecule has 11 heteroatoms. The molecule has 0 fully saturated rings. The monoisotopic (exact) mass is 384 g/mol. The predicted molar refractivity (Wildman–Crippen MR) is 92.8 cm³/mol. The molecule has 0 aromatic carbocycles. The van der Waals surface area contributed by atoms with Crippen molar-refractivity contribution < 1.29 is 26.7 Å². The molecule has 0 aliphatic carbocycles. The van der Waals surface area contributed by atoms with E-state index in [0.29, 0.717) is 0 Å². The maximum absolute atomic E-state index is 11.6.